The van der Waals surface area contributed by atoms with Crippen molar-refractivity contribution in [2.45, 2.75) is 32.5 Å². The van der Waals surface area contributed by atoms with Crippen LogP contribution in [0.4, 0.5) is 13.2 Å². The van der Waals surface area contributed by atoms with E-state index in [-0.39, 0.29) is 17.6 Å². The predicted octanol–water partition coefficient (Wildman–Crippen LogP) is 5.09. The number of nitrogens with one attached hydrogen (secondary N) is 1. The molecule has 8 heteroatoms. The smallest absolute Gasteiger partial charge is 0.372 e. The second-order valence-corrected chi connectivity index (χ2v) is 7.58. The molecule has 0 unspecified atom stereocenters. The molecule has 0 saturated heterocycles. The zero-order chi connectivity index (χ0) is 23.3. The number of para-hydroxylation sites is 2. The summed E-state index contributed by atoms with van der Waals surface area (Å²) in [5.74, 6) is -1.61. The molecule has 5 nitrogen and oxygen atoms in total. The molecular formula is C25H22F3N3O2. The van der Waals surface area contributed by atoms with Crippen LogP contribution in [0, 0.1) is 0 Å². The van der Waals surface area contributed by atoms with Gasteiger partial charge in [0.05, 0.1) is 24.2 Å². The number of imidazole rings is 1. The summed E-state index contributed by atoms with van der Waals surface area (Å²) >= 11 is 0. The number of carbonyl (C=O) groups excluding carboxylic acids is 1. The molecule has 1 N–H and O–H groups in total. The van der Waals surface area contributed by atoms with E-state index in [1.54, 1.807) is 12.1 Å². The molecule has 0 aliphatic rings. The van der Waals surface area contributed by atoms with E-state index in [2.05, 4.69) is 10.3 Å². The van der Waals surface area contributed by atoms with Gasteiger partial charge in [-0.25, -0.2) is 4.98 Å². The maximum absolute atomic E-state index is 13.4. The third-order valence-electron chi connectivity index (χ3n) is 5.10. The molecule has 0 aliphatic carbocycles. The Kier molecular flexibility index (Phi) is 6.74. The first-order chi connectivity index (χ1) is 15.9. The number of aromatic nitrogens is 2. The molecule has 4 rings (SSSR count). The van der Waals surface area contributed by atoms with Crippen LogP contribution < -0.4 is 5.32 Å². The summed E-state index contributed by atoms with van der Waals surface area (Å²) in [5, 5.41) is 2.68. The fourth-order valence-electron chi connectivity index (χ4n) is 3.47. The van der Waals surface area contributed by atoms with Crippen molar-refractivity contribution in [3.63, 3.8) is 0 Å². The largest absolute Gasteiger partial charge is 0.449 e. The predicted molar refractivity (Wildman–Crippen MR) is 118 cm³/mol. The normalized spacial score (nSPS) is 11.6. The van der Waals surface area contributed by atoms with Crippen LogP contribution in [0.15, 0.2) is 78.9 Å². The second-order valence-electron chi connectivity index (χ2n) is 7.58. The van der Waals surface area contributed by atoms with Gasteiger partial charge in [0, 0.05) is 6.54 Å². The van der Waals surface area contributed by atoms with Crippen LogP contribution in [-0.2, 0) is 42.0 Å². The molecule has 0 atom stereocenters. The lowest BCUT2D eigenvalue weighted by Crippen LogP contribution is -2.29. The van der Waals surface area contributed by atoms with Crippen LogP contribution in [0.5, 0.6) is 0 Å². The molecule has 4 aromatic rings. The first-order valence-corrected chi connectivity index (χ1v) is 10.4. The molecule has 0 spiro atoms. The Morgan fingerprint density at radius 2 is 1.45 bits per heavy atom. The quantitative estimate of drug-likeness (QED) is 0.404. The third kappa shape index (κ3) is 5.78. The SMILES string of the molecule is O=C(Cn1c(C(F)(F)F)nc2ccccc21)NCc1ccc(COCc2ccccc2)cc1. The highest BCUT2D eigenvalue weighted by atomic mass is 19.4. The number of halogens is 3. The summed E-state index contributed by atoms with van der Waals surface area (Å²) < 4.78 is 46.8. The van der Waals surface area contributed by atoms with Crippen molar-refractivity contribution in [1.82, 2.24) is 14.9 Å². The van der Waals surface area contributed by atoms with Gasteiger partial charge in [0.1, 0.15) is 6.54 Å². The van der Waals surface area contributed by atoms with Crippen molar-refractivity contribution < 1.29 is 22.7 Å². The Bertz CT molecular complexity index is 1220. The minimum Gasteiger partial charge on any atom is -0.372 e. The van der Waals surface area contributed by atoms with Crippen LogP contribution >= 0.6 is 0 Å². The molecular weight excluding hydrogens is 431 g/mol. The molecule has 170 valence electrons. The number of alkyl halides is 3. The summed E-state index contributed by atoms with van der Waals surface area (Å²) in [6.07, 6.45) is -4.66. The van der Waals surface area contributed by atoms with Gasteiger partial charge in [-0.15, -0.1) is 0 Å². The van der Waals surface area contributed by atoms with Gasteiger partial charge in [0.2, 0.25) is 11.7 Å². The molecule has 1 aromatic heterocycles. The minimum absolute atomic E-state index is 0.197. The zero-order valence-corrected chi connectivity index (χ0v) is 17.7. The number of hydrogen-bond acceptors (Lipinski definition) is 3. The van der Waals surface area contributed by atoms with E-state index in [0.29, 0.717) is 13.2 Å². The standard InChI is InChI=1S/C25H22F3N3O2/c26-25(27,28)24-30-21-8-4-5-9-22(21)31(24)15-23(32)29-14-18-10-12-20(13-11-18)17-33-16-19-6-2-1-3-7-19/h1-13H,14-17H2,(H,29,32). The molecule has 33 heavy (non-hydrogen) atoms. The van der Waals surface area contributed by atoms with Crippen LogP contribution in [0.3, 0.4) is 0 Å². The molecule has 0 saturated carbocycles. The lowest BCUT2D eigenvalue weighted by molar-refractivity contribution is -0.147. The van der Waals surface area contributed by atoms with Gasteiger partial charge in [0.15, 0.2) is 0 Å². The molecule has 0 fully saturated rings. The van der Waals surface area contributed by atoms with Crippen LogP contribution in [0.2, 0.25) is 0 Å². The Labute approximate surface area is 188 Å². The van der Waals surface area contributed by atoms with Gasteiger partial charge in [0.25, 0.3) is 0 Å². The van der Waals surface area contributed by atoms with Crippen molar-refractivity contribution in [3.8, 4) is 0 Å². The average Bonchev–Trinajstić information content (AvgIpc) is 3.18. The van der Waals surface area contributed by atoms with E-state index < -0.39 is 24.5 Å². The van der Waals surface area contributed by atoms with Crippen molar-refractivity contribution in [1.29, 1.82) is 0 Å². The minimum atomic E-state index is -4.66. The number of amides is 1. The third-order valence-corrected chi connectivity index (χ3v) is 5.10. The number of fused-ring (bicyclic) bond motifs is 1. The van der Waals surface area contributed by atoms with Crippen LogP contribution in [0.25, 0.3) is 11.0 Å². The number of nitrogens with zero attached hydrogens (tertiary/aromatic N) is 2. The molecule has 0 radical (unpaired) electrons. The van der Waals surface area contributed by atoms with Crippen LogP contribution in [0.1, 0.15) is 22.5 Å². The highest BCUT2D eigenvalue weighted by Crippen LogP contribution is 2.31. The zero-order valence-electron chi connectivity index (χ0n) is 17.7. The van der Waals surface area contributed by atoms with E-state index in [1.807, 2.05) is 54.6 Å². The topological polar surface area (TPSA) is 56.2 Å². The average molecular weight is 453 g/mol. The lowest BCUT2D eigenvalue weighted by atomic mass is 10.1. The van der Waals surface area contributed by atoms with Gasteiger partial charge in [-0.3, -0.25) is 4.79 Å². The monoisotopic (exact) mass is 453 g/mol. The van der Waals surface area contributed by atoms with Gasteiger partial charge in [-0.05, 0) is 28.8 Å². The summed E-state index contributed by atoms with van der Waals surface area (Å²) in [7, 11) is 0. The summed E-state index contributed by atoms with van der Waals surface area (Å²) in [4.78, 5) is 16.1. The number of benzene rings is 3. The van der Waals surface area contributed by atoms with Crippen molar-refractivity contribution in [2.24, 2.45) is 0 Å². The fraction of sp³-hybridized carbons (Fsp3) is 0.200. The van der Waals surface area contributed by atoms with Gasteiger partial charge in [-0.1, -0.05) is 66.7 Å². The first-order valence-electron chi connectivity index (χ1n) is 10.4. The van der Waals surface area contributed by atoms with Crippen molar-refractivity contribution in [2.75, 3.05) is 0 Å². The molecule has 1 amide bonds. The Morgan fingerprint density at radius 3 is 2.15 bits per heavy atom. The lowest BCUT2D eigenvalue weighted by Gasteiger charge is -2.12. The van der Waals surface area contributed by atoms with Crippen LogP contribution in [-0.4, -0.2) is 15.5 Å². The van der Waals surface area contributed by atoms with Crippen molar-refractivity contribution in [3.05, 3.63) is 101 Å². The maximum atomic E-state index is 13.4. The Balaban J connectivity index is 1.32. The molecule has 0 aliphatic heterocycles. The molecule has 1 heterocycles. The number of rotatable bonds is 8. The van der Waals surface area contributed by atoms with E-state index in [1.165, 1.54) is 12.1 Å². The first kappa shape index (κ1) is 22.5. The molecule has 3 aromatic carbocycles. The fourth-order valence-corrected chi connectivity index (χ4v) is 3.47. The summed E-state index contributed by atoms with van der Waals surface area (Å²) in [6.45, 7) is 0.704. The maximum Gasteiger partial charge on any atom is 0.449 e. The van der Waals surface area contributed by atoms with E-state index in [4.69, 9.17) is 4.74 Å². The Hall–Kier alpha value is -3.65. The van der Waals surface area contributed by atoms with Crippen molar-refractivity contribution >= 4 is 16.9 Å². The van der Waals surface area contributed by atoms with Gasteiger partial charge < -0.3 is 14.6 Å². The highest BCUT2D eigenvalue weighted by Gasteiger charge is 2.37. The van der Waals surface area contributed by atoms with E-state index >= 15 is 0 Å². The summed E-state index contributed by atoms with van der Waals surface area (Å²) in [5.41, 5.74) is 3.38. The highest BCUT2D eigenvalue weighted by molar-refractivity contribution is 5.81. The van der Waals surface area contributed by atoms with E-state index in [9.17, 15) is 18.0 Å². The van der Waals surface area contributed by atoms with Gasteiger partial charge >= 0.3 is 6.18 Å². The number of ether oxygens (including phenoxy) is 1. The summed E-state index contributed by atoms with van der Waals surface area (Å²) in [6, 6.07) is 23.6. The Morgan fingerprint density at radius 1 is 0.848 bits per heavy atom. The second kappa shape index (κ2) is 9.87. The van der Waals surface area contributed by atoms with Gasteiger partial charge in [-0.2, -0.15) is 13.2 Å². The molecule has 0 bridgehead atoms. The number of hydrogen-bond donors (Lipinski definition) is 1. The number of carbonyl (C=O) groups is 1. The van der Waals surface area contributed by atoms with E-state index in [0.717, 1.165) is 21.3 Å².